The number of likely N-dealkylation sites (tertiary alicyclic amines) is 1. The fourth-order valence-electron chi connectivity index (χ4n) is 2.96. The number of nitrogens with zero attached hydrogens (tertiary/aromatic N) is 1. The number of benzene rings is 1. The zero-order valence-corrected chi connectivity index (χ0v) is 14.8. The van der Waals surface area contributed by atoms with Gasteiger partial charge in [-0.25, -0.2) is 0 Å². The summed E-state index contributed by atoms with van der Waals surface area (Å²) in [6.07, 6.45) is 8.14. The lowest BCUT2D eigenvalue weighted by Crippen LogP contribution is -2.41. The van der Waals surface area contributed by atoms with E-state index in [1.165, 1.54) is 5.56 Å². The molecule has 1 saturated heterocycles. The quantitative estimate of drug-likeness (QED) is 0.782. The SMILES string of the molecule is C#CCN1CCC(C(=O)NCCc2ccc(OC(C)C)cc2)CC1. The van der Waals surface area contributed by atoms with Gasteiger partial charge in [-0.1, -0.05) is 18.1 Å². The second-order valence-electron chi connectivity index (χ2n) is 6.61. The lowest BCUT2D eigenvalue weighted by Gasteiger charge is -2.29. The van der Waals surface area contributed by atoms with Gasteiger partial charge in [-0.05, 0) is 63.9 Å². The number of nitrogens with one attached hydrogen (secondary N) is 1. The van der Waals surface area contributed by atoms with E-state index < -0.39 is 0 Å². The molecular weight excluding hydrogens is 300 g/mol. The molecule has 1 aromatic rings. The van der Waals surface area contributed by atoms with Crippen LogP contribution in [0, 0.1) is 18.3 Å². The Morgan fingerprint density at radius 2 is 2.00 bits per heavy atom. The summed E-state index contributed by atoms with van der Waals surface area (Å²) >= 11 is 0. The van der Waals surface area contributed by atoms with E-state index in [1.807, 2.05) is 26.0 Å². The summed E-state index contributed by atoms with van der Waals surface area (Å²) < 4.78 is 5.63. The minimum atomic E-state index is 0.126. The molecule has 0 aliphatic carbocycles. The second kappa shape index (κ2) is 9.34. The molecule has 0 aromatic heterocycles. The van der Waals surface area contributed by atoms with Crippen LogP contribution in [0.2, 0.25) is 0 Å². The van der Waals surface area contributed by atoms with Crippen LogP contribution in [-0.4, -0.2) is 43.1 Å². The molecule has 1 heterocycles. The van der Waals surface area contributed by atoms with Crippen LogP contribution < -0.4 is 10.1 Å². The van der Waals surface area contributed by atoms with Crippen LogP contribution in [0.1, 0.15) is 32.3 Å². The minimum Gasteiger partial charge on any atom is -0.491 e. The summed E-state index contributed by atoms with van der Waals surface area (Å²) in [6, 6.07) is 8.08. The van der Waals surface area contributed by atoms with E-state index in [1.54, 1.807) is 0 Å². The predicted molar refractivity (Wildman–Crippen MR) is 96.9 cm³/mol. The zero-order valence-electron chi connectivity index (χ0n) is 14.8. The molecule has 4 nitrogen and oxygen atoms in total. The van der Waals surface area contributed by atoms with Crippen LogP contribution in [0.5, 0.6) is 5.75 Å². The van der Waals surface area contributed by atoms with Gasteiger partial charge in [0.05, 0.1) is 12.6 Å². The summed E-state index contributed by atoms with van der Waals surface area (Å²) in [4.78, 5) is 14.5. The van der Waals surface area contributed by atoms with E-state index >= 15 is 0 Å². The first-order valence-electron chi connectivity index (χ1n) is 8.77. The molecule has 1 amide bonds. The fraction of sp³-hybridized carbons (Fsp3) is 0.550. The Balaban J connectivity index is 1.68. The van der Waals surface area contributed by atoms with Crippen molar-refractivity contribution in [2.75, 3.05) is 26.2 Å². The average Bonchev–Trinajstić information content (AvgIpc) is 2.57. The van der Waals surface area contributed by atoms with Gasteiger partial charge >= 0.3 is 0 Å². The van der Waals surface area contributed by atoms with Gasteiger partial charge in [-0.2, -0.15) is 0 Å². The third-order valence-corrected chi connectivity index (χ3v) is 4.28. The topological polar surface area (TPSA) is 41.6 Å². The molecule has 0 unspecified atom stereocenters. The maximum atomic E-state index is 12.2. The van der Waals surface area contributed by atoms with Gasteiger partial charge in [0.25, 0.3) is 0 Å². The molecule has 1 aliphatic heterocycles. The van der Waals surface area contributed by atoms with Crippen molar-refractivity contribution < 1.29 is 9.53 Å². The number of piperidine rings is 1. The molecule has 0 atom stereocenters. The number of amides is 1. The van der Waals surface area contributed by atoms with Crippen molar-refractivity contribution in [3.05, 3.63) is 29.8 Å². The van der Waals surface area contributed by atoms with Crippen molar-refractivity contribution in [2.45, 2.75) is 39.2 Å². The number of carbonyl (C=O) groups excluding carboxylic acids is 1. The first-order chi connectivity index (χ1) is 11.6. The van der Waals surface area contributed by atoms with Crippen molar-refractivity contribution in [1.82, 2.24) is 10.2 Å². The van der Waals surface area contributed by atoms with E-state index in [0.717, 1.165) is 38.1 Å². The molecule has 1 N–H and O–H groups in total. The standard InChI is InChI=1S/C20H28N2O2/c1-4-13-22-14-10-18(11-15-22)20(23)21-12-9-17-5-7-19(8-6-17)24-16(2)3/h1,5-8,16,18H,9-15H2,2-3H3,(H,21,23). The molecule has 130 valence electrons. The molecule has 1 aromatic carbocycles. The van der Waals surface area contributed by atoms with Gasteiger partial charge in [0.1, 0.15) is 5.75 Å². The summed E-state index contributed by atoms with van der Waals surface area (Å²) in [5.74, 6) is 3.85. The maximum absolute atomic E-state index is 12.2. The highest BCUT2D eigenvalue weighted by atomic mass is 16.5. The van der Waals surface area contributed by atoms with E-state index in [0.29, 0.717) is 13.1 Å². The second-order valence-corrected chi connectivity index (χ2v) is 6.61. The lowest BCUT2D eigenvalue weighted by atomic mass is 9.96. The predicted octanol–water partition coefficient (Wildman–Crippen LogP) is 2.48. The highest BCUT2D eigenvalue weighted by Crippen LogP contribution is 2.17. The number of hydrogen-bond acceptors (Lipinski definition) is 3. The first-order valence-corrected chi connectivity index (χ1v) is 8.77. The monoisotopic (exact) mass is 328 g/mol. The lowest BCUT2D eigenvalue weighted by molar-refractivity contribution is -0.126. The summed E-state index contributed by atoms with van der Waals surface area (Å²) in [6.45, 7) is 7.22. The fourth-order valence-corrected chi connectivity index (χ4v) is 2.96. The third-order valence-electron chi connectivity index (χ3n) is 4.28. The Kier molecular flexibility index (Phi) is 7.14. The van der Waals surface area contributed by atoms with Gasteiger partial charge in [-0.3, -0.25) is 9.69 Å². The van der Waals surface area contributed by atoms with E-state index in [-0.39, 0.29) is 17.9 Å². The van der Waals surface area contributed by atoms with Crippen LogP contribution in [0.15, 0.2) is 24.3 Å². The zero-order chi connectivity index (χ0) is 17.4. The van der Waals surface area contributed by atoms with E-state index in [4.69, 9.17) is 11.2 Å². The Hall–Kier alpha value is -1.99. The summed E-state index contributed by atoms with van der Waals surface area (Å²) in [5, 5.41) is 3.07. The number of ether oxygens (including phenoxy) is 1. The Labute approximate surface area is 145 Å². The van der Waals surface area contributed by atoms with Crippen LogP contribution in [0.3, 0.4) is 0 Å². The molecule has 0 radical (unpaired) electrons. The van der Waals surface area contributed by atoms with Crippen molar-refractivity contribution in [3.63, 3.8) is 0 Å². The van der Waals surface area contributed by atoms with Gasteiger partial charge < -0.3 is 10.1 Å². The van der Waals surface area contributed by atoms with Crippen molar-refractivity contribution in [3.8, 4) is 18.1 Å². The highest BCUT2D eigenvalue weighted by Gasteiger charge is 2.24. The number of hydrogen-bond donors (Lipinski definition) is 1. The summed E-state index contributed by atoms with van der Waals surface area (Å²) in [7, 11) is 0. The van der Waals surface area contributed by atoms with E-state index in [9.17, 15) is 4.79 Å². The molecule has 4 heteroatoms. The van der Waals surface area contributed by atoms with Gasteiger partial charge in [0, 0.05) is 12.5 Å². The Bertz CT molecular complexity index is 552. The smallest absolute Gasteiger partial charge is 0.223 e. The van der Waals surface area contributed by atoms with Crippen LogP contribution in [-0.2, 0) is 11.2 Å². The molecule has 2 rings (SSSR count). The Morgan fingerprint density at radius 3 is 2.58 bits per heavy atom. The van der Waals surface area contributed by atoms with Crippen molar-refractivity contribution in [2.24, 2.45) is 5.92 Å². The molecule has 0 spiro atoms. The molecule has 1 aliphatic rings. The van der Waals surface area contributed by atoms with E-state index in [2.05, 4.69) is 28.3 Å². The van der Waals surface area contributed by atoms with Gasteiger partial charge in [0.15, 0.2) is 0 Å². The van der Waals surface area contributed by atoms with Crippen LogP contribution >= 0.6 is 0 Å². The van der Waals surface area contributed by atoms with Gasteiger partial charge in [-0.15, -0.1) is 6.42 Å². The molecule has 0 bridgehead atoms. The molecular formula is C20H28N2O2. The normalized spacial score (nSPS) is 15.9. The molecule has 0 saturated carbocycles. The van der Waals surface area contributed by atoms with Crippen LogP contribution in [0.4, 0.5) is 0 Å². The first kappa shape index (κ1) is 18.4. The number of carbonyl (C=O) groups is 1. The van der Waals surface area contributed by atoms with Crippen molar-refractivity contribution >= 4 is 5.91 Å². The third kappa shape index (κ3) is 5.90. The van der Waals surface area contributed by atoms with Crippen molar-refractivity contribution in [1.29, 1.82) is 0 Å². The van der Waals surface area contributed by atoms with Gasteiger partial charge in [0.2, 0.25) is 5.91 Å². The number of terminal acetylenes is 1. The summed E-state index contributed by atoms with van der Waals surface area (Å²) in [5.41, 5.74) is 1.20. The molecule has 1 fully saturated rings. The minimum absolute atomic E-state index is 0.126. The highest BCUT2D eigenvalue weighted by molar-refractivity contribution is 5.78. The number of rotatable bonds is 7. The maximum Gasteiger partial charge on any atom is 0.223 e. The van der Waals surface area contributed by atoms with Crippen LogP contribution in [0.25, 0.3) is 0 Å². The Morgan fingerprint density at radius 1 is 1.33 bits per heavy atom. The largest absolute Gasteiger partial charge is 0.491 e. The molecule has 24 heavy (non-hydrogen) atoms. The average molecular weight is 328 g/mol.